The monoisotopic (exact) mass is 308 g/mol. The van der Waals surface area contributed by atoms with Gasteiger partial charge in [-0.3, -0.25) is 4.79 Å². The number of carbonyl (C=O) groups is 1. The van der Waals surface area contributed by atoms with Crippen LogP contribution < -0.4 is 5.32 Å². The fourth-order valence-electron chi connectivity index (χ4n) is 3.18. The molecule has 1 aliphatic heterocycles. The molecule has 1 aliphatic rings. The second-order valence-corrected chi connectivity index (χ2v) is 5.99. The molecule has 0 spiro atoms. The molecule has 0 unspecified atom stereocenters. The van der Waals surface area contributed by atoms with Crippen molar-refractivity contribution in [2.24, 2.45) is 7.05 Å². The molecule has 2 N–H and O–H groups in total. The van der Waals surface area contributed by atoms with E-state index in [-0.39, 0.29) is 17.6 Å². The first-order valence-electron chi connectivity index (χ1n) is 7.45. The summed E-state index contributed by atoms with van der Waals surface area (Å²) in [7, 11) is 1.85. The summed E-state index contributed by atoms with van der Waals surface area (Å²) >= 11 is 0. The van der Waals surface area contributed by atoms with E-state index in [1.54, 1.807) is 10.7 Å². The van der Waals surface area contributed by atoms with Crippen LogP contribution in [0.25, 0.3) is 11.0 Å². The number of amides is 1. The highest BCUT2D eigenvalue weighted by molar-refractivity contribution is 5.96. The molecule has 4 rings (SSSR count). The molecule has 0 saturated carbocycles. The summed E-state index contributed by atoms with van der Waals surface area (Å²) in [6.45, 7) is 1.86. The van der Waals surface area contributed by atoms with Gasteiger partial charge in [0, 0.05) is 31.1 Å². The zero-order valence-electron chi connectivity index (χ0n) is 12.9. The van der Waals surface area contributed by atoms with Crippen LogP contribution in [0.4, 0.5) is 5.69 Å². The van der Waals surface area contributed by atoms with Gasteiger partial charge in [0.2, 0.25) is 5.91 Å². The number of carbonyl (C=O) groups excluding carboxylic acids is 1. The van der Waals surface area contributed by atoms with Crippen LogP contribution in [0.3, 0.4) is 0 Å². The van der Waals surface area contributed by atoms with Gasteiger partial charge in [0.25, 0.3) is 0 Å². The number of rotatable bonds is 1. The van der Waals surface area contributed by atoms with Crippen molar-refractivity contribution < 1.29 is 9.90 Å². The molecule has 0 fully saturated rings. The molecule has 0 bridgehead atoms. The summed E-state index contributed by atoms with van der Waals surface area (Å²) in [5, 5.41) is 20.9. The Kier molecular flexibility index (Phi) is 2.87. The molecule has 6 heteroatoms. The van der Waals surface area contributed by atoms with Crippen molar-refractivity contribution in [3.8, 4) is 5.75 Å². The van der Waals surface area contributed by atoms with Crippen LogP contribution in [0.2, 0.25) is 0 Å². The van der Waals surface area contributed by atoms with Gasteiger partial charge in [0.05, 0.1) is 5.52 Å². The van der Waals surface area contributed by atoms with Gasteiger partial charge < -0.3 is 10.4 Å². The summed E-state index contributed by atoms with van der Waals surface area (Å²) in [5.74, 6) is 0.0866. The first-order valence-corrected chi connectivity index (χ1v) is 7.45. The number of phenols is 1. The first-order chi connectivity index (χ1) is 11.0. The van der Waals surface area contributed by atoms with Crippen LogP contribution in [-0.2, 0) is 11.8 Å². The number of hydrogen-bond donors (Lipinski definition) is 2. The average molecular weight is 308 g/mol. The zero-order valence-corrected chi connectivity index (χ0v) is 12.9. The summed E-state index contributed by atoms with van der Waals surface area (Å²) in [6, 6.07) is 9.54. The van der Waals surface area contributed by atoms with Crippen molar-refractivity contribution in [2.45, 2.75) is 19.3 Å². The SMILES string of the molecule is Cc1cc2c(cc1O)NC(=O)C[C@@H]2c1ccc2c(c1)nnn2C. The Labute approximate surface area is 132 Å². The van der Waals surface area contributed by atoms with Gasteiger partial charge in [0.15, 0.2) is 0 Å². The molecule has 23 heavy (non-hydrogen) atoms. The van der Waals surface area contributed by atoms with Gasteiger partial charge in [0.1, 0.15) is 11.3 Å². The third kappa shape index (κ3) is 2.14. The summed E-state index contributed by atoms with van der Waals surface area (Å²) in [4.78, 5) is 12.0. The molecule has 2 heterocycles. The zero-order chi connectivity index (χ0) is 16.1. The highest BCUT2D eigenvalue weighted by atomic mass is 16.3. The fraction of sp³-hybridized carbons (Fsp3) is 0.235. The first kappa shape index (κ1) is 13.8. The molecule has 0 saturated heterocycles. The van der Waals surface area contributed by atoms with Crippen molar-refractivity contribution in [3.63, 3.8) is 0 Å². The lowest BCUT2D eigenvalue weighted by Gasteiger charge is -2.26. The molecule has 1 atom stereocenters. The summed E-state index contributed by atoms with van der Waals surface area (Å²) in [6.07, 6.45) is 0.378. The number of nitrogens with one attached hydrogen (secondary N) is 1. The average Bonchev–Trinajstić information content (AvgIpc) is 2.89. The molecule has 0 radical (unpaired) electrons. The van der Waals surface area contributed by atoms with E-state index < -0.39 is 0 Å². The van der Waals surface area contributed by atoms with Gasteiger partial charge in [-0.15, -0.1) is 5.10 Å². The predicted octanol–water partition coefficient (Wildman–Crippen LogP) is 2.46. The van der Waals surface area contributed by atoms with E-state index in [1.165, 1.54) is 0 Å². The smallest absolute Gasteiger partial charge is 0.225 e. The molecule has 3 aromatic rings. The van der Waals surface area contributed by atoms with Gasteiger partial charge in [-0.1, -0.05) is 11.3 Å². The highest BCUT2D eigenvalue weighted by Crippen LogP contribution is 2.40. The van der Waals surface area contributed by atoms with Gasteiger partial charge in [-0.25, -0.2) is 4.68 Å². The second kappa shape index (κ2) is 4.81. The van der Waals surface area contributed by atoms with Crippen molar-refractivity contribution in [3.05, 3.63) is 47.0 Å². The standard InChI is InChI=1S/C17H16N4O2/c1-9-5-12-11(7-17(23)18-13(12)8-16(9)22)10-3-4-15-14(6-10)19-20-21(15)2/h3-6,8,11,22H,7H2,1-2H3,(H,18,23)/t11-/m1/s1. The second-order valence-electron chi connectivity index (χ2n) is 5.99. The van der Waals surface area contributed by atoms with Crippen LogP contribution in [-0.4, -0.2) is 26.0 Å². The van der Waals surface area contributed by atoms with E-state index in [4.69, 9.17) is 0 Å². The Hall–Kier alpha value is -2.89. The Bertz CT molecular complexity index is 945. The van der Waals surface area contributed by atoms with Crippen LogP contribution in [0.5, 0.6) is 5.75 Å². The van der Waals surface area contributed by atoms with Gasteiger partial charge in [-0.05, 0) is 41.8 Å². The van der Waals surface area contributed by atoms with Crippen molar-refractivity contribution in [1.82, 2.24) is 15.0 Å². The van der Waals surface area contributed by atoms with Crippen molar-refractivity contribution >= 4 is 22.6 Å². The van der Waals surface area contributed by atoms with E-state index in [0.717, 1.165) is 27.7 Å². The van der Waals surface area contributed by atoms with Gasteiger partial charge >= 0.3 is 0 Å². The van der Waals surface area contributed by atoms with E-state index in [2.05, 4.69) is 15.6 Å². The Morgan fingerprint density at radius 1 is 1.30 bits per heavy atom. The number of hydrogen-bond acceptors (Lipinski definition) is 4. The minimum absolute atomic E-state index is 0.0509. The fourth-order valence-corrected chi connectivity index (χ4v) is 3.18. The molecular formula is C17H16N4O2. The largest absolute Gasteiger partial charge is 0.508 e. The minimum atomic E-state index is -0.0514. The van der Waals surface area contributed by atoms with E-state index in [1.807, 2.05) is 38.2 Å². The number of aromatic nitrogens is 3. The van der Waals surface area contributed by atoms with Crippen molar-refractivity contribution in [2.75, 3.05) is 5.32 Å². The Morgan fingerprint density at radius 3 is 2.96 bits per heavy atom. The van der Waals surface area contributed by atoms with Crippen LogP contribution in [0.1, 0.15) is 29.0 Å². The number of phenolic OH excluding ortho intramolecular Hbond substituents is 1. The predicted molar refractivity (Wildman–Crippen MR) is 86.4 cm³/mol. The molecule has 116 valence electrons. The lowest BCUT2D eigenvalue weighted by Crippen LogP contribution is -2.23. The molecular weight excluding hydrogens is 292 g/mol. The van der Waals surface area contributed by atoms with E-state index in [9.17, 15) is 9.90 Å². The highest BCUT2D eigenvalue weighted by Gasteiger charge is 2.27. The van der Waals surface area contributed by atoms with Gasteiger partial charge in [-0.2, -0.15) is 0 Å². The molecule has 1 aromatic heterocycles. The number of fused-ring (bicyclic) bond motifs is 2. The number of anilines is 1. The quantitative estimate of drug-likeness (QED) is 0.723. The third-order valence-corrected chi connectivity index (χ3v) is 4.44. The summed E-state index contributed by atoms with van der Waals surface area (Å²) < 4.78 is 1.73. The minimum Gasteiger partial charge on any atom is -0.508 e. The maximum atomic E-state index is 12.0. The lowest BCUT2D eigenvalue weighted by atomic mass is 9.84. The maximum absolute atomic E-state index is 12.0. The Balaban J connectivity index is 1.87. The van der Waals surface area contributed by atoms with Crippen molar-refractivity contribution in [1.29, 1.82) is 0 Å². The third-order valence-electron chi connectivity index (χ3n) is 4.44. The number of nitrogens with zero attached hydrogens (tertiary/aromatic N) is 3. The Morgan fingerprint density at radius 2 is 2.13 bits per heavy atom. The normalized spacial score (nSPS) is 17.1. The van der Waals surface area contributed by atoms with E-state index >= 15 is 0 Å². The van der Waals surface area contributed by atoms with Crippen LogP contribution in [0.15, 0.2) is 30.3 Å². The maximum Gasteiger partial charge on any atom is 0.225 e. The lowest BCUT2D eigenvalue weighted by molar-refractivity contribution is -0.116. The topological polar surface area (TPSA) is 80.0 Å². The van der Waals surface area contributed by atoms with Crippen LogP contribution in [0, 0.1) is 6.92 Å². The van der Waals surface area contributed by atoms with E-state index in [0.29, 0.717) is 12.1 Å². The number of aromatic hydroxyl groups is 1. The number of benzene rings is 2. The molecule has 2 aromatic carbocycles. The van der Waals surface area contributed by atoms with Crippen LogP contribution >= 0.6 is 0 Å². The number of aryl methyl sites for hydroxylation is 2. The molecule has 6 nitrogen and oxygen atoms in total. The molecule has 0 aliphatic carbocycles. The molecule has 1 amide bonds. The summed E-state index contributed by atoms with van der Waals surface area (Å²) in [5.41, 5.74) is 5.28.